The number of nitrogens with two attached hydrogens (primary N) is 1. The molecule has 13 heteroatoms. The second-order valence-corrected chi connectivity index (χ2v) is 7.42. The maximum atomic E-state index is 12.5. The molecule has 2 N–H and O–H groups in total. The van der Waals surface area contributed by atoms with Crippen LogP contribution in [0.25, 0.3) is 0 Å². The molecular formula is C12H18F3N5O4S. The Labute approximate surface area is 142 Å². The second-order valence-electron chi connectivity index (χ2n) is 5.95. The summed E-state index contributed by atoms with van der Waals surface area (Å²) in [5, 5.41) is 12.1. The van der Waals surface area contributed by atoms with Crippen LogP contribution in [-0.4, -0.2) is 61.7 Å². The van der Waals surface area contributed by atoms with E-state index < -0.39 is 28.1 Å². The van der Waals surface area contributed by atoms with Crippen LogP contribution in [0.5, 0.6) is 0 Å². The summed E-state index contributed by atoms with van der Waals surface area (Å²) in [6, 6.07) is -0.192. The number of likely N-dealkylation sites (tertiary alicyclic amines) is 1. The van der Waals surface area contributed by atoms with E-state index in [4.69, 9.17) is 5.14 Å². The summed E-state index contributed by atoms with van der Waals surface area (Å²) in [5.41, 5.74) is -2.59. The minimum absolute atomic E-state index is 0.120. The van der Waals surface area contributed by atoms with Crippen molar-refractivity contribution in [1.29, 1.82) is 0 Å². The number of alkyl halides is 3. The second kappa shape index (κ2) is 6.53. The average Bonchev–Trinajstić information content (AvgIpc) is 3.00. The summed E-state index contributed by atoms with van der Waals surface area (Å²) >= 11 is 0. The number of hydrogen-bond donors (Lipinski definition) is 1. The number of rotatable bonds is 5. The zero-order chi connectivity index (χ0) is 19.0. The summed E-state index contributed by atoms with van der Waals surface area (Å²) < 4.78 is 66.5. The first-order chi connectivity index (χ1) is 11.3. The van der Waals surface area contributed by atoms with Gasteiger partial charge in [-0.2, -0.15) is 26.7 Å². The maximum absolute atomic E-state index is 12.5. The summed E-state index contributed by atoms with van der Waals surface area (Å²) in [6.45, 7) is 1.64. The molecule has 2 aliphatic heterocycles. The fourth-order valence-electron chi connectivity index (χ4n) is 2.71. The summed E-state index contributed by atoms with van der Waals surface area (Å²) in [5.74, 6) is -2.51. The third kappa shape index (κ3) is 4.27. The van der Waals surface area contributed by atoms with E-state index in [1.54, 1.807) is 7.05 Å². The number of esters is 1. The number of carbonyl (C=O) groups excluding carboxylic acids is 1. The van der Waals surface area contributed by atoms with Crippen LogP contribution in [-0.2, 0) is 19.7 Å². The van der Waals surface area contributed by atoms with Crippen molar-refractivity contribution in [2.45, 2.75) is 37.7 Å². The highest BCUT2D eigenvalue weighted by Gasteiger charge is 2.50. The molecule has 0 saturated carbocycles. The Balaban J connectivity index is 2.29. The van der Waals surface area contributed by atoms with Gasteiger partial charge in [0.2, 0.25) is 0 Å². The lowest BCUT2D eigenvalue weighted by atomic mass is 10.1. The van der Waals surface area contributed by atoms with Crippen LogP contribution in [0.1, 0.15) is 19.8 Å². The first-order valence-electron chi connectivity index (χ1n) is 7.28. The van der Waals surface area contributed by atoms with E-state index in [1.165, 1.54) is 0 Å². The predicted octanol–water partition coefficient (Wildman–Crippen LogP) is 0.715. The third-order valence-corrected chi connectivity index (χ3v) is 5.01. The highest BCUT2D eigenvalue weighted by atomic mass is 32.2. The van der Waals surface area contributed by atoms with E-state index in [2.05, 4.69) is 15.0 Å². The molecule has 0 aromatic carbocycles. The van der Waals surface area contributed by atoms with E-state index in [-0.39, 0.29) is 18.3 Å². The Morgan fingerprint density at radius 2 is 2.20 bits per heavy atom. The van der Waals surface area contributed by atoms with Gasteiger partial charge in [0.15, 0.2) is 0 Å². The van der Waals surface area contributed by atoms with E-state index in [0.717, 1.165) is 26.1 Å². The zero-order valence-electron chi connectivity index (χ0n) is 13.5. The maximum Gasteiger partial charge on any atom is 0.491 e. The van der Waals surface area contributed by atoms with Crippen LogP contribution in [0.15, 0.2) is 22.1 Å². The Hall–Kier alpha value is -1.73. The molecule has 0 aromatic rings. The lowest BCUT2D eigenvalue weighted by molar-refractivity contribution is -0.210. The molecule has 1 saturated heterocycles. The van der Waals surface area contributed by atoms with Gasteiger partial charge in [-0.1, -0.05) is 0 Å². The number of hydrogen-bond acceptors (Lipinski definition) is 7. The average molecular weight is 385 g/mol. The lowest BCUT2D eigenvalue weighted by Gasteiger charge is -2.34. The molecule has 0 aromatic heterocycles. The van der Waals surface area contributed by atoms with Crippen LogP contribution in [0.4, 0.5) is 13.2 Å². The van der Waals surface area contributed by atoms with Gasteiger partial charge < -0.3 is 9.64 Å². The highest BCUT2D eigenvalue weighted by molar-refractivity contribution is 7.86. The predicted molar refractivity (Wildman–Crippen MR) is 79.0 cm³/mol. The molecule has 1 fully saturated rings. The van der Waals surface area contributed by atoms with Crippen LogP contribution in [0.2, 0.25) is 0 Å². The number of likely N-dealkylation sites (N-methyl/N-ethyl adjacent to an activating group) is 1. The highest BCUT2D eigenvalue weighted by Crippen LogP contribution is 2.35. The van der Waals surface area contributed by atoms with Crippen LogP contribution in [0.3, 0.4) is 0 Å². The zero-order valence-corrected chi connectivity index (χ0v) is 14.3. The van der Waals surface area contributed by atoms with E-state index >= 15 is 0 Å². The van der Waals surface area contributed by atoms with Crippen LogP contribution < -0.4 is 5.14 Å². The third-order valence-electron chi connectivity index (χ3n) is 4.05. The SMILES string of the molecule is CN1CCC[C@@H]1CN(C1=CN=N[C@]1(C)OC(=O)C(F)(F)F)S(N)(=O)=O. The van der Waals surface area contributed by atoms with Gasteiger partial charge >= 0.3 is 12.1 Å². The molecule has 0 spiro atoms. The fourth-order valence-corrected chi connectivity index (χ4v) is 3.58. The van der Waals surface area contributed by atoms with E-state index in [0.29, 0.717) is 10.7 Å². The lowest BCUT2D eigenvalue weighted by Crippen LogP contribution is -2.49. The molecular weight excluding hydrogens is 367 g/mol. The molecule has 0 bridgehead atoms. The van der Waals surface area contributed by atoms with Gasteiger partial charge in [0, 0.05) is 13.0 Å². The van der Waals surface area contributed by atoms with Crippen molar-refractivity contribution in [3.05, 3.63) is 11.9 Å². The Kier molecular flexibility index (Phi) is 5.12. The standard InChI is InChI=1S/C12H18F3N5O4S/c1-11(24-10(21)12(13,14)15)9(6-17-18-11)20(25(16,22)23)7-8-4-3-5-19(8)2/h6,8H,3-5,7H2,1-2H3,(H2,16,22,23)/t8-,11-/m1/s1. The molecule has 0 radical (unpaired) electrons. The Bertz CT molecular complexity index is 708. The normalized spacial score (nSPS) is 27.4. The van der Waals surface area contributed by atoms with Crippen LogP contribution in [0, 0.1) is 0 Å². The summed E-state index contributed by atoms with van der Waals surface area (Å²) in [4.78, 5) is 13.1. The minimum atomic E-state index is -5.26. The van der Waals surface area contributed by atoms with Crippen LogP contribution >= 0.6 is 0 Å². The minimum Gasteiger partial charge on any atom is -0.423 e. The van der Waals surface area contributed by atoms with Gasteiger partial charge in [-0.3, -0.25) is 4.31 Å². The van der Waals surface area contributed by atoms with Gasteiger partial charge in [0.05, 0.1) is 12.7 Å². The molecule has 2 atom stereocenters. The van der Waals surface area contributed by atoms with Crippen molar-refractivity contribution in [3.63, 3.8) is 0 Å². The number of ether oxygens (including phenoxy) is 1. The summed E-state index contributed by atoms with van der Waals surface area (Å²) in [6.07, 6.45) is -2.82. The molecule has 2 rings (SSSR count). The van der Waals surface area contributed by atoms with Crippen molar-refractivity contribution in [2.75, 3.05) is 20.1 Å². The molecule has 0 amide bonds. The summed E-state index contributed by atoms with van der Waals surface area (Å²) in [7, 11) is -2.56. The molecule has 2 heterocycles. The molecule has 0 unspecified atom stereocenters. The molecule has 9 nitrogen and oxygen atoms in total. The number of nitrogens with zero attached hydrogens (tertiary/aromatic N) is 4. The first-order valence-corrected chi connectivity index (χ1v) is 8.78. The van der Waals surface area contributed by atoms with Crippen molar-refractivity contribution in [2.24, 2.45) is 15.4 Å². The van der Waals surface area contributed by atoms with Gasteiger partial charge in [-0.25, -0.2) is 9.93 Å². The Morgan fingerprint density at radius 1 is 1.56 bits per heavy atom. The monoisotopic (exact) mass is 385 g/mol. The van der Waals surface area contributed by atoms with Crippen molar-refractivity contribution in [1.82, 2.24) is 9.21 Å². The van der Waals surface area contributed by atoms with Gasteiger partial charge in [0.25, 0.3) is 15.9 Å². The van der Waals surface area contributed by atoms with E-state index in [9.17, 15) is 26.4 Å². The largest absolute Gasteiger partial charge is 0.491 e. The van der Waals surface area contributed by atoms with Crippen molar-refractivity contribution < 1.29 is 31.1 Å². The van der Waals surface area contributed by atoms with Gasteiger partial charge in [0.1, 0.15) is 5.70 Å². The fraction of sp³-hybridized carbons (Fsp3) is 0.750. The molecule has 0 aliphatic carbocycles. The quantitative estimate of drug-likeness (QED) is 0.700. The number of carbonyl (C=O) groups is 1. The van der Waals surface area contributed by atoms with E-state index in [1.807, 2.05) is 4.90 Å². The van der Waals surface area contributed by atoms with Crippen molar-refractivity contribution >= 4 is 16.2 Å². The molecule has 142 valence electrons. The number of halogens is 3. The topological polar surface area (TPSA) is 118 Å². The Morgan fingerprint density at radius 3 is 2.68 bits per heavy atom. The van der Waals surface area contributed by atoms with Crippen molar-refractivity contribution in [3.8, 4) is 0 Å². The van der Waals surface area contributed by atoms with Gasteiger partial charge in [-0.15, -0.1) is 5.11 Å². The molecule has 2 aliphatic rings. The molecule has 25 heavy (non-hydrogen) atoms. The first kappa shape index (κ1) is 19.6. The van der Waals surface area contributed by atoms with Gasteiger partial charge in [-0.05, 0) is 26.4 Å². The smallest absolute Gasteiger partial charge is 0.423 e. The number of azo groups is 1.